The van der Waals surface area contributed by atoms with E-state index in [9.17, 15) is 9.18 Å². The maximum atomic E-state index is 13.2. The van der Waals surface area contributed by atoms with Crippen LogP contribution in [-0.2, 0) is 20.0 Å². The van der Waals surface area contributed by atoms with E-state index in [0.717, 1.165) is 36.3 Å². The number of alkyl halides is 1. The summed E-state index contributed by atoms with van der Waals surface area (Å²) in [6, 6.07) is 16.9. The number of halogens is 1. The van der Waals surface area contributed by atoms with Crippen molar-refractivity contribution in [3.63, 3.8) is 0 Å². The Morgan fingerprint density at radius 2 is 1.84 bits per heavy atom. The molecule has 162 valence electrons. The predicted molar refractivity (Wildman–Crippen MR) is 122 cm³/mol. The van der Waals surface area contributed by atoms with E-state index in [0.29, 0.717) is 11.4 Å². The number of fused-ring (bicyclic) bond motifs is 1. The van der Waals surface area contributed by atoms with Gasteiger partial charge < -0.3 is 9.64 Å². The van der Waals surface area contributed by atoms with Gasteiger partial charge in [-0.3, -0.25) is 14.0 Å². The average molecular weight is 430 g/mol. The van der Waals surface area contributed by atoms with Crippen molar-refractivity contribution in [3.8, 4) is 22.6 Å². The number of hydrogen-bond donors (Lipinski definition) is 0. The second-order valence-corrected chi connectivity index (χ2v) is 7.87. The lowest BCUT2D eigenvalue weighted by atomic mass is 9.98. The van der Waals surface area contributed by atoms with Crippen LogP contribution in [0.3, 0.4) is 0 Å². The highest BCUT2D eigenvalue weighted by atomic mass is 19.1. The van der Waals surface area contributed by atoms with E-state index >= 15 is 0 Å². The molecule has 0 saturated carbocycles. The summed E-state index contributed by atoms with van der Waals surface area (Å²) in [6.45, 7) is 0.698. The van der Waals surface area contributed by atoms with Gasteiger partial charge in [-0.25, -0.2) is 4.39 Å². The van der Waals surface area contributed by atoms with E-state index in [-0.39, 0.29) is 5.56 Å². The van der Waals surface area contributed by atoms with Gasteiger partial charge in [0.25, 0.3) is 5.56 Å². The number of hydrogen-bond acceptors (Lipinski definition) is 4. The number of benzene rings is 2. The van der Waals surface area contributed by atoms with Gasteiger partial charge in [0, 0.05) is 55.4 Å². The van der Waals surface area contributed by atoms with Crippen LogP contribution in [0.5, 0.6) is 5.75 Å². The number of aromatic nitrogens is 3. The molecule has 1 aliphatic rings. The van der Waals surface area contributed by atoms with Crippen molar-refractivity contribution in [2.75, 3.05) is 18.3 Å². The molecule has 0 saturated heterocycles. The van der Waals surface area contributed by atoms with Gasteiger partial charge in [0.1, 0.15) is 5.75 Å². The van der Waals surface area contributed by atoms with Crippen molar-refractivity contribution >= 4 is 5.69 Å². The molecule has 0 unspecified atom stereocenters. The minimum Gasteiger partial charge on any atom is -0.463 e. The fourth-order valence-electron chi connectivity index (χ4n) is 4.24. The molecule has 4 aromatic rings. The summed E-state index contributed by atoms with van der Waals surface area (Å²) in [5.41, 5.74) is 5.95. The molecule has 0 N–H and O–H groups in total. The zero-order chi connectivity index (χ0) is 22.1. The first-order chi connectivity index (χ1) is 15.6. The third-order valence-corrected chi connectivity index (χ3v) is 5.86. The molecule has 1 aliphatic heterocycles. The Morgan fingerprint density at radius 3 is 2.56 bits per heavy atom. The van der Waals surface area contributed by atoms with Crippen LogP contribution in [0.2, 0.25) is 0 Å². The van der Waals surface area contributed by atoms with Gasteiger partial charge in [-0.05, 0) is 41.8 Å². The lowest BCUT2D eigenvalue weighted by Crippen LogP contribution is -2.32. The molecule has 2 aromatic carbocycles. The van der Waals surface area contributed by atoms with Crippen molar-refractivity contribution in [3.05, 3.63) is 94.7 Å². The molecule has 5 rings (SSSR count). The van der Waals surface area contributed by atoms with E-state index in [2.05, 4.69) is 34.3 Å². The molecular formula is C25H23FN4O2. The summed E-state index contributed by atoms with van der Waals surface area (Å²) >= 11 is 0. The molecule has 32 heavy (non-hydrogen) atoms. The summed E-state index contributed by atoms with van der Waals surface area (Å²) in [5, 5.41) is 4.33. The SMILES string of the molecule is Cn1cc(-c2cn(-c3ccc(OCF)cc3)c(=O)cc2N2CCc3ccccc3C2)cn1. The Labute approximate surface area is 185 Å². The van der Waals surface area contributed by atoms with Crippen molar-refractivity contribution in [2.45, 2.75) is 13.0 Å². The maximum Gasteiger partial charge on any atom is 0.257 e. The second kappa shape index (κ2) is 8.34. The third kappa shape index (κ3) is 3.77. The van der Waals surface area contributed by atoms with Crippen molar-refractivity contribution in [1.29, 1.82) is 0 Å². The van der Waals surface area contributed by atoms with Gasteiger partial charge in [-0.15, -0.1) is 0 Å². The maximum absolute atomic E-state index is 13.2. The van der Waals surface area contributed by atoms with E-state index in [1.54, 1.807) is 39.6 Å². The van der Waals surface area contributed by atoms with Crippen LogP contribution >= 0.6 is 0 Å². The molecule has 0 bridgehead atoms. The van der Waals surface area contributed by atoms with Crippen LogP contribution in [0, 0.1) is 0 Å². The molecule has 0 amide bonds. The topological polar surface area (TPSA) is 52.3 Å². The molecular weight excluding hydrogens is 407 g/mol. The highest BCUT2D eigenvalue weighted by Crippen LogP contribution is 2.33. The zero-order valence-electron chi connectivity index (χ0n) is 17.7. The summed E-state index contributed by atoms with van der Waals surface area (Å²) in [6.07, 6.45) is 6.55. The van der Waals surface area contributed by atoms with Gasteiger partial charge in [0.2, 0.25) is 6.86 Å². The third-order valence-electron chi connectivity index (χ3n) is 5.86. The normalized spacial score (nSPS) is 13.1. The fraction of sp³-hybridized carbons (Fsp3) is 0.200. The quantitative estimate of drug-likeness (QED) is 0.478. The van der Waals surface area contributed by atoms with Crippen LogP contribution in [0.4, 0.5) is 10.1 Å². The van der Waals surface area contributed by atoms with Crippen LogP contribution in [0.15, 0.2) is 78.0 Å². The Bertz CT molecular complexity index is 1310. The Balaban J connectivity index is 1.60. The van der Waals surface area contributed by atoms with Crippen molar-refractivity contribution in [1.82, 2.24) is 14.3 Å². The van der Waals surface area contributed by atoms with Crippen LogP contribution in [0.1, 0.15) is 11.1 Å². The smallest absolute Gasteiger partial charge is 0.257 e. The van der Waals surface area contributed by atoms with Gasteiger partial charge >= 0.3 is 0 Å². The Hall–Kier alpha value is -3.87. The molecule has 0 radical (unpaired) electrons. The molecule has 0 spiro atoms. The number of anilines is 1. The number of nitrogens with zero attached hydrogens (tertiary/aromatic N) is 4. The second-order valence-electron chi connectivity index (χ2n) is 7.87. The van der Waals surface area contributed by atoms with Gasteiger partial charge in [-0.2, -0.15) is 5.10 Å². The lowest BCUT2D eigenvalue weighted by Gasteiger charge is -2.32. The molecule has 0 aliphatic carbocycles. The first-order valence-corrected chi connectivity index (χ1v) is 10.5. The van der Waals surface area contributed by atoms with Gasteiger partial charge in [-0.1, -0.05) is 24.3 Å². The van der Waals surface area contributed by atoms with Crippen LogP contribution in [-0.4, -0.2) is 27.8 Å². The van der Waals surface area contributed by atoms with Crippen LogP contribution < -0.4 is 15.2 Å². The number of ether oxygens (including phenoxy) is 1. The summed E-state index contributed by atoms with van der Waals surface area (Å²) in [7, 11) is 1.87. The minimum absolute atomic E-state index is 0.134. The van der Waals surface area contributed by atoms with Crippen molar-refractivity contribution in [2.24, 2.45) is 7.05 Å². The number of pyridine rings is 1. The van der Waals surface area contributed by atoms with Crippen molar-refractivity contribution < 1.29 is 9.13 Å². The largest absolute Gasteiger partial charge is 0.463 e. The van der Waals surface area contributed by atoms with E-state index in [1.165, 1.54) is 11.1 Å². The fourth-order valence-corrected chi connectivity index (χ4v) is 4.24. The van der Waals surface area contributed by atoms with E-state index in [1.807, 2.05) is 25.6 Å². The van der Waals surface area contributed by atoms with E-state index < -0.39 is 6.86 Å². The minimum atomic E-state index is -0.891. The van der Waals surface area contributed by atoms with Gasteiger partial charge in [0.15, 0.2) is 0 Å². The molecule has 7 heteroatoms. The number of aryl methyl sites for hydroxylation is 1. The number of rotatable bonds is 5. The highest BCUT2D eigenvalue weighted by molar-refractivity contribution is 5.78. The monoisotopic (exact) mass is 430 g/mol. The Kier molecular flexibility index (Phi) is 5.23. The summed E-state index contributed by atoms with van der Waals surface area (Å²) in [5.74, 6) is 0.417. The molecule has 2 aromatic heterocycles. The average Bonchev–Trinajstić information content (AvgIpc) is 3.25. The summed E-state index contributed by atoms with van der Waals surface area (Å²) < 4.78 is 20.7. The first-order valence-electron chi connectivity index (χ1n) is 10.5. The zero-order valence-corrected chi connectivity index (χ0v) is 17.7. The highest BCUT2D eigenvalue weighted by Gasteiger charge is 2.21. The molecule has 0 fully saturated rings. The van der Waals surface area contributed by atoms with E-state index in [4.69, 9.17) is 4.74 Å². The first kappa shape index (κ1) is 20.1. The summed E-state index contributed by atoms with van der Waals surface area (Å²) in [4.78, 5) is 15.4. The molecule has 0 atom stereocenters. The Morgan fingerprint density at radius 1 is 1.06 bits per heavy atom. The molecule has 6 nitrogen and oxygen atoms in total. The van der Waals surface area contributed by atoms with Crippen LogP contribution in [0.25, 0.3) is 16.8 Å². The molecule has 3 heterocycles. The lowest BCUT2D eigenvalue weighted by molar-refractivity contribution is 0.192. The standard InChI is InChI=1S/C25H23FN4O2/c1-28-14-20(13-27-28)23-16-30(21-6-8-22(9-7-21)32-17-26)25(31)12-24(23)29-11-10-18-4-2-3-5-19(18)15-29/h2-9,12-14,16H,10-11,15,17H2,1H3. The van der Waals surface area contributed by atoms with Gasteiger partial charge in [0.05, 0.1) is 11.9 Å². The predicted octanol–water partition coefficient (Wildman–Crippen LogP) is 4.11.